The number of nitrogens with zero attached hydrogens (tertiary/aromatic N) is 2. The van der Waals surface area contributed by atoms with E-state index in [4.69, 9.17) is 4.74 Å². The molecule has 1 aromatic carbocycles. The van der Waals surface area contributed by atoms with Gasteiger partial charge in [-0.1, -0.05) is 12.1 Å². The van der Waals surface area contributed by atoms with Gasteiger partial charge in [0.1, 0.15) is 5.82 Å². The van der Waals surface area contributed by atoms with Crippen molar-refractivity contribution in [2.45, 2.75) is 25.0 Å². The molecule has 1 aliphatic rings. The van der Waals surface area contributed by atoms with Gasteiger partial charge in [0.2, 0.25) is 0 Å². The van der Waals surface area contributed by atoms with Gasteiger partial charge in [-0.05, 0) is 25.0 Å². The van der Waals surface area contributed by atoms with Gasteiger partial charge in [0.05, 0.1) is 24.1 Å². The van der Waals surface area contributed by atoms with E-state index in [1.54, 1.807) is 30.2 Å². The van der Waals surface area contributed by atoms with Gasteiger partial charge in [-0.25, -0.2) is 4.98 Å². The molecule has 8 heteroatoms. The zero-order valence-electron chi connectivity index (χ0n) is 14.8. The third kappa shape index (κ3) is 3.92. The highest BCUT2D eigenvalue weighted by atomic mass is 16.5. The second-order valence-electron chi connectivity index (χ2n) is 6.55. The Morgan fingerprint density at radius 2 is 2.19 bits per heavy atom. The van der Waals surface area contributed by atoms with Crippen LogP contribution in [0.4, 0.5) is 0 Å². The molecule has 0 unspecified atom stereocenters. The van der Waals surface area contributed by atoms with E-state index in [0.29, 0.717) is 42.8 Å². The third-order valence-corrected chi connectivity index (χ3v) is 4.64. The number of piperidine rings is 1. The summed E-state index contributed by atoms with van der Waals surface area (Å²) < 4.78 is 5.01. The van der Waals surface area contributed by atoms with Crippen molar-refractivity contribution in [1.29, 1.82) is 0 Å². The Hall–Kier alpha value is -2.29. The van der Waals surface area contributed by atoms with E-state index in [1.807, 2.05) is 6.07 Å². The lowest BCUT2D eigenvalue weighted by Crippen LogP contribution is -2.58. The van der Waals surface area contributed by atoms with Crippen molar-refractivity contribution in [2.75, 3.05) is 33.4 Å². The number of fused-ring (bicyclic) bond motifs is 1. The van der Waals surface area contributed by atoms with Crippen LogP contribution in [0.5, 0.6) is 0 Å². The standard InChI is InChI=1S/C18H24N4O4/c1-26-10-9-22-8-4-7-18(25,17(22)24)12-19-11-15-20-14-6-3-2-5-13(14)16(23)21-15/h2-3,5-6,19,25H,4,7-12H2,1H3,(H,20,21,23)/t18-/m0/s1. The maximum Gasteiger partial charge on any atom is 0.258 e. The number of aromatic nitrogens is 2. The van der Waals surface area contributed by atoms with E-state index < -0.39 is 5.60 Å². The maximum atomic E-state index is 12.5. The molecule has 0 saturated carbocycles. The molecule has 0 radical (unpaired) electrons. The summed E-state index contributed by atoms with van der Waals surface area (Å²) in [5.74, 6) is 0.185. The number of nitrogens with one attached hydrogen (secondary N) is 2. The van der Waals surface area contributed by atoms with Crippen LogP contribution in [0.15, 0.2) is 29.1 Å². The number of para-hydroxylation sites is 1. The zero-order chi connectivity index (χ0) is 18.6. The fourth-order valence-corrected chi connectivity index (χ4v) is 3.25. The summed E-state index contributed by atoms with van der Waals surface area (Å²) in [6, 6.07) is 7.11. The quantitative estimate of drug-likeness (QED) is 0.642. The van der Waals surface area contributed by atoms with Crippen LogP contribution in [0.2, 0.25) is 0 Å². The molecule has 2 heterocycles. The SMILES string of the molecule is COCCN1CCC[C@](O)(CNCc2nc3ccccc3c(=O)[nH]2)C1=O. The number of H-pyrrole nitrogens is 1. The minimum atomic E-state index is -1.44. The van der Waals surface area contributed by atoms with Crippen LogP contribution in [0, 0.1) is 0 Å². The lowest BCUT2D eigenvalue weighted by Gasteiger charge is -2.38. The van der Waals surface area contributed by atoms with Crippen molar-refractivity contribution >= 4 is 16.8 Å². The number of hydrogen-bond donors (Lipinski definition) is 3. The lowest BCUT2D eigenvalue weighted by molar-refractivity contribution is -0.157. The van der Waals surface area contributed by atoms with E-state index >= 15 is 0 Å². The van der Waals surface area contributed by atoms with Gasteiger partial charge in [0, 0.05) is 26.7 Å². The summed E-state index contributed by atoms with van der Waals surface area (Å²) in [6.07, 6.45) is 1.14. The second-order valence-corrected chi connectivity index (χ2v) is 6.55. The first kappa shape index (κ1) is 18.5. The smallest absolute Gasteiger partial charge is 0.258 e. The van der Waals surface area contributed by atoms with Gasteiger partial charge in [-0.3, -0.25) is 9.59 Å². The van der Waals surface area contributed by atoms with E-state index in [1.165, 1.54) is 0 Å². The molecular formula is C18H24N4O4. The van der Waals surface area contributed by atoms with Crippen molar-refractivity contribution in [2.24, 2.45) is 0 Å². The number of aliphatic hydroxyl groups is 1. The molecule has 1 atom stereocenters. The van der Waals surface area contributed by atoms with Gasteiger partial charge >= 0.3 is 0 Å². The number of carbonyl (C=O) groups excluding carboxylic acids is 1. The van der Waals surface area contributed by atoms with E-state index in [9.17, 15) is 14.7 Å². The highest BCUT2D eigenvalue weighted by molar-refractivity contribution is 5.86. The summed E-state index contributed by atoms with van der Waals surface area (Å²) >= 11 is 0. The predicted octanol–water partition coefficient (Wildman–Crippen LogP) is 0.0126. The average molecular weight is 360 g/mol. The van der Waals surface area contributed by atoms with Gasteiger partial charge < -0.3 is 25.0 Å². The number of hydrogen-bond acceptors (Lipinski definition) is 6. The van der Waals surface area contributed by atoms with E-state index in [-0.39, 0.29) is 24.6 Å². The summed E-state index contributed by atoms with van der Waals surface area (Å²) in [5, 5.41) is 14.3. The van der Waals surface area contributed by atoms with Crippen molar-refractivity contribution in [3.8, 4) is 0 Å². The molecule has 1 aliphatic heterocycles. The van der Waals surface area contributed by atoms with Crippen LogP contribution in [-0.2, 0) is 16.1 Å². The summed E-state index contributed by atoms with van der Waals surface area (Å²) in [6.45, 7) is 1.90. The molecule has 1 saturated heterocycles. The Morgan fingerprint density at radius 3 is 3.00 bits per heavy atom. The average Bonchev–Trinajstić information content (AvgIpc) is 2.63. The first-order chi connectivity index (χ1) is 12.5. The number of amides is 1. The lowest BCUT2D eigenvalue weighted by atomic mass is 9.91. The summed E-state index contributed by atoms with van der Waals surface area (Å²) in [7, 11) is 1.58. The first-order valence-electron chi connectivity index (χ1n) is 8.73. The van der Waals surface area contributed by atoms with Crippen LogP contribution >= 0.6 is 0 Å². The number of carbonyl (C=O) groups is 1. The molecule has 0 spiro atoms. The van der Waals surface area contributed by atoms with Crippen molar-refractivity contribution in [3.05, 3.63) is 40.4 Å². The minimum absolute atomic E-state index is 0.103. The number of benzene rings is 1. The summed E-state index contributed by atoms with van der Waals surface area (Å²) in [4.78, 5) is 33.4. The Balaban J connectivity index is 1.63. The number of rotatable bonds is 7. The highest BCUT2D eigenvalue weighted by Gasteiger charge is 2.41. The molecule has 0 aliphatic carbocycles. The maximum absolute atomic E-state index is 12.5. The molecule has 8 nitrogen and oxygen atoms in total. The van der Waals surface area contributed by atoms with Gasteiger partial charge in [-0.15, -0.1) is 0 Å². The van der Waals surface area contributed by atoms with Crippen LogP contribution in [-0.4, -0.2) is 64.8 Å². The van der Waals surface area contributed by atoms with Crippen molar-refractivity contribution in [3.63, 3.8) is 0 Å². The topological polar surface area (TPSA) is 108 Å². The largest absolute Gasteiger partial charge is 0.383 e. The fourth-order valence-electron chi connectivity index (χ4n) is 3.25. The number of ether oxygens (including phenoxy) is 1. The second kappa shape index (κ2) is 7.94. The third-order valence-electron chi connectivity index (χ3n) is 4.64. The Labute approximate surface area is 151 Å². The molecule has 140 valence electrons. The molecule has 1 amide bonds. The number of methoxy groups -OCH3 is 1. The van der Waals surface area contributed by atoms with Crippen LogP contribution in [0.3, 0.4) is 0 Å². The number of likely N-dealkylation sites (tertiary alicyclic amines) is 1. The Morgan fingerprint density at radius 1 is 1.38 bits per heavy atom. The van der Waals surface area contributed by atoms with Crippen molar-refractivity contribution in [1.82, 2.24) is 20.2 Å². The molecular weight excluding hydrogens is 336 g/mol. The Kier molecular flexibility index (Phi) is 5.65. The molecule has 2 aromatic rings. The van der Waals surface area contributed by atoms with Crippen LogP contribution < -0.4 is 10.9 Å². The van der Waals surface area contributed by atoms with Gasteiger partial charge in [0.15, 0.2) is 5.60 Å². The predicted molar refractivity (Wildman–Crippen MR) is 96.7 cm³/mol. The number of aromatic amines is 1. The monoisotopic (exact) mass is 360 g/mol. The van der Waals surface area contributed by atoms with Gasteiger partial charge in [-0.2, -0.15) is 0 Å². The molecule has 3 rings (SSSR count). The molecule has 1 fully saturated rings. The van der Waals surface area contributed by atoms with Crippen molar-refractivity contribution < 1.29 is 14.6 Å². The zero-order valence-corrected chi connectivity index (χ0v) is 14.8. The first-order valence-corrected chi connectivity index (χ1v) is 8.73. The minimum Gasteiger partial charge on any atom is -0.383 e. The highest BCUT2D eigenvalue weighted by Crippen LogP contribution is 2.22. The van der Waals surface area contributed by atoms with Gasteiger partial charge in [0.25, 0.3) is 11.5 Å². The fraction of sp³-hybridized carbons (Fsp3) is 0.500. The van der Waals surface area contributed by atoms with Crippen LogP contribution in [0.1, 0.15) is 18.7 Å². The summed E-state index contributed by atoms with van der Waals surface area (Å²) in [5.41, 5.74) is -1.03. The molecule has 0 bridgehead atoms. The molecule has 1 aromatic heterocycles. The molecule has 26 heavy (non-hydrogen) atoms. The molecule has 3 N–H and O–H groups in total. The Bertz CT molecular complexity index is 837. The normalized spacial score (nSPS) is 20.7. The van der Waals surface area contributed by atoms with E-state index in [2.05, 4.69) is 15.3 Å². The van der Waals surface area contributed by atoms with Crippen LogP contribution in [0.25, 0.3) is 10.9 Å². The van der Waals surface area contributed by atoms with E-state index in [0.717, 1.165) is 6.42 Å².